The van der Waals surface area contributed by atoms with Crippen LogP contribution in [0.5, 0.6) is 0 Å². The van der Waals surface area contributed by atoms with Gasteiger partial charge in [-0.25, -0.2) is 0 Å². The van der Waals surface area contributed by atoms with Crippen molar-refractivity contribution in [3.05, 3.63) is 66.6 Å². The van der Waals surface area contributed by atoms with Gasteiger partial charge in [-0.2, -0.15) is 26.3 Å². The Morgan fingerprint density at radius 1 is 0.964 bits per heavy atom. The van der Waals surface area contributed by atoms with Crippen molar-refractivity contribution >= 4 is 27.5 Å². The van der Waals surface area contributed by atoms with Gasteiger partial charge in [0.15, 0.2) is 0 Å². The summed E-state index contributed by atoms with van der Waals surface area (Å²) in [6, 6.07) is 17.5. The van der Waals surface area contributed by atoms with Crippen molar-refractivity contribution in [2.75, 3.05) is 0 Å². The molecule has 3 nitrogen and oxygen atoms in total. The van der Waals surface area contributed by atoms with Crippen LogP contribution in [-0.4, -0.2) is 28.2 Å². The van der Waals surface area contributed by atoms with E-state index in [1.54, 1.807) is 0 Å². The van der Waals surface area contributed by atoms with Crippen LogP contribution in [0.25, 0.3) is 21.7 Å². The number of aliphatic hydroxyl groups is 1. The first-order chi connectivity index (χ1) is 12.5. The van der Waals surface area contributed by atoms with Crippen LogP contribution in [0.4, 0.5) is 26.3 Å². The van der Waals surface area contributed by atoms with E-state index in [0.29, 0.717) is 0 Å². The molecule has 0 bridgehead atoms. The quantitative estimate of drug-likeness (QED) is 0.140. The smallest absolute Gasteiger partial charge is 0.454 e. The molecule has 0 aliphatic rings. The Hall–Kier alpha value is -2.45. The van der Waals surface area contributed by atoms with Crippen molar-refractivity contribution in [2.24, 2.45) is 0 Å². The molecule has 1 radical (unpaired) electrons. The summed E-state index contributed by atoms with van der Waals surface area (Å²) in [7, 11) is 0. The average Bonchev–Trinajstić information content (AvgIpc) is 2.60. The van der Waals surface area contributed by atoms with Gasteiger partial charge in [0.1, 0.15) is 0 Å². The number of halogens is 6. The van der Waals surface area contributed by atoms with Gasteiger partial charge in [-0.15, -0.1) is 35.0 Å². The van der Waals surface area contributed by atoms with E-state index in [1.165, 1.54) is 10.8 Å². The first-order valence-electron chi connectivity index (χ1n) is 7.23. The molecule has 10 heteroatoms. The molecule has 0 aliphatic heterocycles. The molecule has 3 rings (SSSR count). The van der Waals surface area contributed by atoms with Gasteiger partial charge in [0.05, 0.1) is 0 Å². The van der Waals surface area contributed by atoms with Crippen LogP contribution >= 0.6 is 0 Å². The van der Waals surface area contributed by atoms with E-state index in [-0.39, 0.29) is 20.1 Å². The van der Waals surface area contributed by atoms with Crippen LogP contribution < -0.4 is 0 Å². The Morgan fingerprint density at radius 3 is 2.18 bits per heavy atom. The summed E-state index contributed by atoms with van der Waals surface area (Å²) in [5.41, 5.74) is 1.03. The SMILES string of the molecule is O=C(/C=C(\O)C(F)(F)F)C(F)(F)F.[Ir].[c-]1cccc2ccc3cccnc3c12. The number of allylic oxidation sites excluding steroid dienone is 2. The molecule has 3 aromatic rings. The molecule has 28 heavy (non-hydrogen) atoms. The maximum Gasteiger partial charge on any atom is 0.454 e. The van der Waals surface area contributed by atoms with Gasteiger partial charge in [-0.3, -0.25) is 4.79 Å². The van der Waals surface area contributed by atoms with E-state index >= 15 is 0 Å². The van der Waals surface area contributed by atoms with Crippen molar-refractivity contribution in [2.45, 2.75) is 12.4 Å². The van der Waals surface area contributed by atoms with Crippen LogP contribution in [0.1, 0.15) is 0 Å². The second-order valence-electron chi connectivity index (χ2n) is 5.16. The molecule has 1 heterocycles. The number of carbonyl (C=O) groups excluding carboxylic acids is 1. The molecular weight excluding hydrogens is 568 g/mol. The summed E-state index contributed by atoms with van der Waals surface area (Å²) in [6.07, 6.45) is -9.86. The van der Waals surface area contributed by atoms with Gasteiger partial charge in [0.2, 0.25) is 5.76 Å². The molecule has 0 fully saturated rings. The third-order valence-corrected chi connectivity index (χ3v) is 3.24. The summed E-state index contributed by atoms with van der Waals surface area (Å²) < 4.78 is 68.1. The van der Waals surface area contributed by atoms with Crippen molar-refractivity contribution in [3.63, 3.8) is 0 Å². The van der Waals surface area contributed by atoms with Crippen molar-refractivity contribution in [3.8, 4) is 0 Å². The molecule has 0 spiro atoms. The minimum atomic E-state index is -5.42. The fourth-order valence-electron chi connectivity index (χ4n) is 2.02. The van der Waals surface area contributed by atoms with Gasteiger partial charge in [-0.1, -0.05) is 18.2 Å². The first kappa shape index (κ1) is 23.6. The first-order valence-corrected chi connectivity index (χ1v) is 7.23. The summed E-state index contributed by atoms with van der Waals surface area (Å²) >= 11 is 0. The zero-order valence-electron chi connectivity index (χ0n) is 13.6. The van der Waals surface area contributed by atoms with Crippen molar-refractivity contribution in [1.29, 1.82) is 0 Å². The Balaban J connectivity index is 0.000000272. The maximum absolute atomic E-state index is 11.4. The minimum Gasteiger partial charge on any atom is -0.504 e. The third-order valence-electron chi connectivity index (χ3n) is 3.24. The predicted molar refractivity (Wildman–Crippen MR) is 85.9 cm³/mol. The summed E-state index contributed by atoms with van der Waals surface area (Å²) in [5, 5.41) is 11.4. The van der Waals surface area contributed by atoms with Gasteiger partial charge >= 0.3 is 12.4 Å². The maximum atomic E-state index is 11.4. The predicted octanol–water partition coefficient (Wildman–Crippen LogP) is 5.31. The van der Waals surface area contributed by atoms with Crippen LogP contribution in [0, 0.1) is 6.07 Å². The number of benzene rings is 2. The number of alkyl halides is 6. The second kappa shape index (κ2) is 9.16. The molecule has 0 unspecified atom stereocenters. The molecule has 151 valence electrons. The van der Waals surface area contributed by atoms with Gasteiger partial charge < -0.3 is 10.1 Å². The Bertz CT molecular complexity index is 944. The standard InChI is InChI=1S/C13H8N.C5H2F6O2.Ir/c1-2-6-12-10(4-1)7-8-11-5-3-9-14-13(11)12;6-4(7,8)2(12)1-3(13)5(9,10)11;/h1-5,7-9H;1,12H;/q-1;;/b;2-1-;. The zero-order chi connectivity index (χ0) is 20.2. The minimum absolute atomic E-state index is 0. The van der Waals surface area contributed by atoms with E-state index in [0.717, 1.165) is 10.9 Å². The number of aromatic nitrogens is 1. The van der Waals surface area contributed by atoms with Crippen molar-refractivity contribution in [1.82, 2.24) is 4.98 Å². The fourth-order valence-corrected chi connectivity index (χ4v) is 2.02. The summed E-state index contributed by atoms with van der Waals surface area (Å²) in [6.45, 7) is 0. The molecule has 1 aromatic heterocycles. The van der Waals surface area contributed by atoms with Crippen molar-refractivity contribution < 1.29 is 56.3 Å². The van der Waals surface area contributed by atoms with E-state index in [2.05, 4.69) is 35.3 Å². The molecule has 0 saturated heterocycles. The molecule has 1 N–H and O–H groups in total. The number of pyridine rings is 1. The van der Waals surface area contributed by atoms with E-state index in [1.807, 2.05) is 24.4 Å². The number of carbonyl (C=O) groups is 1. The van der Waals surface area contributed by atoms with Crippen LogP contribution in [0.2, 0.25) is 0 Å². The molecule has 0 amide bonds. The average molecular weight is 578 g/mol. The largest absolute Gasteiger partial charge is 0.504 e. The number of rotatable bonds is 1. The number of ketones is 1. The summed E-state index contributed by atoms with van der Waals surface area (Å²) in [5.74, 6) is -5.34. The number of fused-ring (bicyclic) bond motifs is 3. The number of hydrogen-bond donors (Lipinski definition) is 1. The molecule has 0 saturated carbocycles. The fraction of sp³-hybridized carbons (Fsp3) is 0.111. The van der Waals surface area contributed by atoms with Gasteiger partial charge in [0, 0.05) is 32.4 Å². The van der Waals surface area contributed by atoms with E-state index in [4.69, 9.17) is 5.11 Å². The second-order valence-corrected chi connectivity index (χ2v) is 5.16. The molecule has 2 aromatic carbocycles. The monoisotopic (exact) mass is 579 g/mol. The van der Waals surface area contributed by atoms with Gasteiger partial charge in [0.25, 0.3) is 5.78 Å². The van der Waals surface area contributed by atoms with E-state index in [9.17, 15) is 31.1 Å². The number of nitrogens with zero attached hydrogens (tertiary/aromatic N) is 1. The van der Waals surface area contributed by atoms with Gasteiger partial charge in [-0.05, 0) is 17.0 Å². The third kappa shape index (κ3) is 6.03. The number of hydrogen-bond acceptors (Lipinski definition) is 3. The van der Waals surface area contributed by atoms with Crippen LogP contribution in [0.15, 0.2) is 60.5 Å². The summed E-state index contributed by atoms with van der Waals surface area (Å²) in [4.78, 5) is 14.2. The molecule has 0 atom stereocenters. The Kier molecular flexibility index (Phi) is 7.72. The van der Waals surface area contributed by atoms with E-state index < -0.39 is 30.0 Å². The normalized spacial score (nSPS) is 12.1. The van der Waals surface area contributed by atoms with Crippen LogP contribution in [-0.2, 0) is 24.9 Å². The molecular formula is C18H10F6IrNO2-. The Labute approximate surface area is 168 Å². The van der Waals surface area contributed by atoms with Crippen LogP contribution in [0.3, 0.4) is 0 Å². The topological polar surface area (TPSA) is 50.2 Å². The Morgan fingerprint density at radius 2 is 1.57 bits per heavy atom. The zero-order valence-corrected chi connectivity index (χ0v) is 16.0. The number of aliphatic hydroxyl groups excluding tert-OH is 1. The molecule has 0 aliphatic carbocycles.